The van der Waals surface area contributed by atoms with E-state index in [2.05, 4.69) is 15.3 Å². The number of aromatic nitrogens is 3. The Morgan fingerprint density at radius 2 is 1.86 bits per heavy atom. The molecular weight excluding hydrogens is 450 g/mol. The van der Waals surface area contributed by atoms with Gasteiger partial charge in [0, 0.05) is 36.1 Å². The van der Waals surface area contributed by atoms with E-state index < -0.39 is 23.1 Å². The van der Waals surface area contributed by atoms with Crippen LogP contribution in [0.1, 0.15) is 21.5 Å². The first-order valence-corrected chi connectivity index (χ1v) is 10.9. The van der Waals surface area contributed by atoms with Crippen molar-refractivity contribution < 1.29 is 13.6 Å². The molecule has 8 heteroatoms. The largest absolute Gasteiger partial charge is 0.348 e. The first kappa shape index (κ1) is 22.2. The number of hydrogen-bond acceptors (Lipinski definition) is 3. The van der Waals surface area contributed by atoms with Gasteiger partial charge in [0.25, 0.3) is 11.5 Å². The van der Waals surface area contributed by atoms with Gasteiger partial charge in [0.1, 0.15) is 11.2 Å². The van der Waals surface area contributed by atoms with Gasteiger partial charge in [-0.05, 0) is 59.2 Å². The summed E-state index contributed by atoms with van der Waals surface area (Å²) in [5.41, 5.74) is 3.50. The Morgan fingerprint density at radius 3 is 2.71 bits per heavy atom. The molecule has 5 rings (SSSR count). The molecule has 2 N–H and O–H groups in total. The number of H-pyrrole nitrogens is 1. The SMILES string of the molecule is O=C(NCc1cccc(-c2c[nH]c3ncccc23)c1)c1cccn(Cc2ccc(F)c(F)c2)c1=O. The third-order valence-electron chi connectivity index (χ3n) is 5.74. The predicted molar refractivity (Wildman–Crippen MR) is 129 cm³/mol. The molecular formula is C27H20F2N4O2. The van der Waals surface area contributed by atoms with E-state index in [1.807, 2.05) is 42.6 Å². The molecule has 174 valence electrons. The van der Waals surface area contributed by atoms with Crippen molar-refractivity contribution in [3.63, 3.8) is 0 Å². The lowest BCUT2D eigenvalue weighted by atomic mass is 10.0. The molecule has 0 aliphatic heterocycles. The molecule has 0 aliphatic carbocycles. The maximum Gasteiger partial charge on any atom is 0.263 e. The average molecular weight is 470 g/mol. The minimum atomic E-state index is -0.990. The summed E-state index contributed by atoms with van der Waals surface area (Å²) in [5, 5.41) is 3.79. The highest BCUT2D eigenvalue weighted by Gasteiger charge is 2.13. The number of carbonyl (C=O) groups is 1. The lowest BCUT2D eigenvalue weighted by Crippen LogP contribution is -2.32. The quantitative estimate of drug-likeness (QED) is 0.379. The van der Waals surface area contributed by atoms with Crippen LogP contribution >= 0.6 is 0 Å². The zero-order valence-electron chi connectivity index (χ0n) is 18.5. The Morgan fingerprint density at radius 1 is 0.971 bits per heavy atom. The van der Waals surface area contributed by atoms with Gasteiger partial charge in [0.2, 0.25) is 0 Å². The summed E-state index contributed by atoms with van der Waals surface area (Å²) in [6, 6.07) is 18.1. The van der Waals surface area contributed by atoms with E-state index in [-0.39, 0.29) is 18.7 Å². The highest BCUT2D eigenvalue weighted by Crippen LogP contribution is 2.28. The van der Waals surface area contributed by atoms with Gasteiger partial charge in [-0.1, -0.05) is 24.3 Å². The second-order valence-corrected chi connectivity index (χ2v) is 8.09. The molecule has 0 bridgehead atoms. The van der Waals surface area contributed by atoms with Crippen LogP contribution in [0.5, 0.6) is 0 Å². The van der Waals surface area contributed by atoms with E-state index in [0.717, 1.165) is 39.9 Å². The second kappa shape index (κ2) is 9.34. The van der Waals surface area contributed by atoms with Crippen molar-refractivity contribution in [2.75, 3.05) is 0 Å². The Bertz CT molecular complexity index is 1610. The van der Waals surface area contributed by atoms with Crippen molar-refractivity contribution in [3.8, 4) is 11.1 Å². The minimum absolute atomic E-state index is 0.0126. The maximum absolute atomic E-state index is 13.5. The van der Waals surface area contributed by atoms with E-state index in [1.54, 1.807) is 12.3 Å². The summed E-state index contributed by atoms with van der Waals surface area (Å²) in [5.74, 6) is -2.47. The van der Waals surface area contributed by atoms with Gasteiger partial charge in [-0.2, -0.15) is 0 Å². The molecule has 35 heavy (non-hydrogen) atoms. The number of benzene rings is 2. The highest BCUT2D eigenvalue weighted by atomic mass is 19.2. The zero-order chi connectivity index (χ0) is 24.4. The van der Waals surface area contributed by atoms with E-state index in [9.17, 15) is 18.4 Å². The summed E-state index contributed by atoms with van der Waals surface area (Å²) >= 11 is 0. The smallest absolute Gasteiger partial charge is 0.263 e. The van der Waals surface area contributed by atoms with Crippen LogP contribution in [0.15, 0.2) is 90.1 Å². The standard InChI is InChI=1S/C27H20F2N4O2/c28-23-9-8-18(13-24(23)29)16-33-11-3-7-21(27(33)35)26(34)32-14-17-4-1-5-19(12-17)22-15-31-25-20(22)6-2-10-30-25/h1-13,15H,14,16H2,(H,30,31)(H,32,34). The minimum Gasteiger partial charge on any atom is -0.348 e. The first-order valence-electron chi connectivity index (χ1n) is 10.9. The summed E-state index contributed by atoms with van der Waals surface area (Å²) in [7, 11) is 0. The van der Waals surface area contributed by atoms with E-state index in [0.29, 0.717) is 5.56 Å². The fraction of sp³-hybridized carbons (Fsp3) is 0.0741. The number of fused-ring (bicyclic) bond motifs is 1. The number of aromatic amines is 1. The lowest BCUT2D eigenvalue weighted by Gasteiger charge is -2.10. The molecule has 2 aromatic carbocycles. The number of rotatable bonds is 6. The van der Waals surface area contributed by atoms with Crippen molar-refractivity contribution in [1.29, 1.82) is 0 Å². The Kier molecular flexibility index (Phi) is 5.93. The number of nitrogens with zero attached hydrogens (tertiary/aromatic N) is 2. The lowest BCUT2D eigenvalue weighted by molar-refractivity contribution is 0.0949. The molecule has 0 radical (unpaired) electrons. The molecule has 0 saturated carbocycles. The summed E-state index contributed by atoms with van der Waals surface area (Å²) in [4.78, 5) is 33.1. The van der Waals surface area contributed by atoms with Crippen LogP contribution in [0.25, 0.3) is 22.2 Å². The van der Waals surface area contributed by atoms with Crippen LogP contribution in [0.2, 0.25) is 0 Å². The number of carbonyl (C=O) groups excluding carboxylic acids is 1. The highest BCUT2D eigenvalue weighted by molar-refractivity contribution is 5.94. The van der Waals surface area contributed by atoms with Gasteiger partial charge < -0.3 is 14.9 Å². The molecule has 6 nitrogen and oxygen atoms in total. The number of nitrogens with one attached hydrogen (secondary N) is 2. The van der Waals surface area contributed by atoms with Crippen LogP contribution in [0, 0.1) is 11.6 Å². The molecule has 0 saturated heterocycles. The van der Waals surface area contributed by atoms with Gasteiger partial charge in [-0.15, -0.1) is 0 Å². The third kappa shape index (κ3) is 4.59. The fourth-order valence-electron chi connectivity index (χ4n) is 3.99. The summed E-state index contributed by atoms with van der Waals surface area (Å²) < 4.78 is 28.0. The van der Waals surface area contributed by atoms with Crippen molar-refractivity contribution in [1.82, 2.24) is 19.9 Å². The van der Waals surface area contributed by atoms with Gasteiger partial charge in [0.15, 0.2) is 11.6 Å². The molecule has 0 atom stereocenters. The van der Waals surface area contributed by atoms with Crippen molar-refractivity contribution in [2.24, 2.45) is 0 Å². The van der Waals surface area contributed by atoms with E-state index in [1.165, 1.54) is 22.9 Å². The summed E-state index contributed by atoms with van der Waals surface area (Å²) in [6.45, 7) is 0.240. The molecule has 3 heterocycles. The van der Waals surface area contributed by atoms with E-state index >= 15 is 0 Å². The van der Waals surface area contributed by atoms with Crippen molar-refractivity contribution >= 4 is 16.9 Å². The van der Waals surface area contributed by atoms with Crippen LogP contribution in [-0.4, -0.2) is 20.4 Å². The molecule has 5 aromatic rings. The summed E-state index contributed by atoms with van der Waals surface area (Å²) in [6.07, 6.45) is 5.12. The van der Waals surface area contributed by atoms with Gasteiger partial charge in [-0.3, -0.25) is 9.59 Å². The third-order valence-corrected chi connectivity index (χ3v) is 5.74. The second-order valence-electron chi connectivity index (χ2n) is 8.09. The maximum atomic E-state index is 13.5. The Labute approximate surface area is 198 Å². The number of pyridine rings is 2. The number of amides is 1. The molecule has 0 fully saturated rings. The molecule has 0 spiro atoms. The van der Waals surface area contributed by atoms with E-state index in [4.69, 9.17) is 0 Å². The van der Waals surface area contributed by atoms with Crippen LogP contribution in [0.3, 0.4) is 0 Å². The predicted octanol–water partition coefficient (Wildman–Crippen LogP) is 4.65. The van der Waals surface area contributed by atoms with Gasteiger partial charge in [0.05, 0.1) is 6.54 Å². The fourth-order valence-corrected chi connectivity index (χ4v) is 3.99. The van der Waals surface area contributed by atoms with Gasteiger partial charge in [-0.25, -0.2) is 13.8 Å². The average Bonchev–Trinajstić information content (AvgIpc) is 3.30. The molecule has 1 amide bonds. The van der Waals surface area contributed by atoms with Crippen LogP contribution in [0.4, 0.5) is 8.78 Å². The number of hydrogen-bond donors (Lipinski definition) is 2. The van der Waals surface area contributed by atoms with Crippen LogP contribution in [-0.2, 0) is 13.1 Å². The molecule has 0 unspecified atom stereocenters. The zero-order valence-corrected chi connectivity index (χ0v) is 18.5. The normalized spacial score (nSPS) is 11.0. The Balaban J connectivity index is 1.32. The molecule has 3 aromatic heterocycles. The topological polar surface area (TPSA) is 79.8 Å². The Hall–Kier alpha value is -4.59. The monoisotopic (exact) mass is 470 g/mol. The number of halogens is 2. The van der Waals surface area contributed by atoms with Crippen molar-refractivity contribution in [3.05, 3.63) is 124 Å². The van der Waals surface area contributed by atoms with Crippen LogP contribution < -0.4 is 10.9 Å². The van der Waals surface area contributed by atoms with Gasteiger partial charge >= 0.3 is 0 Å². The van der Waals surface area contributed by atoms with Crippen molar-refractivity contribution in [2.45, 2.75) is 13.1 Å². The molecule has 0 aliphatic rings. The first-order chi connectivity index (χ1) is 17.0.